The Morgan fingerprint density at radius 3 is 2.41 bits per heavy atom. The summed E-state index contributed by atoms with van der Waals surface area (Å²) in [5.41, 5.74) is 5.19. The zero-order chi connectivity index (χ0) is 13.1. The zero-order valence-electron chi connectivity index (χ0n) is 10.5. The van der Waals surface area contributed by atoms with E-state index >= 15 is 0 Å². The lowest BCUT2D eigenvalue weighted by Gasteiger charge is -2.37. The van der Waals surface area contributed by atoms with Gasteiger partial charge in [-0.05, 0) is 19.3 Å². The van der Waals surface area contributed by atoms with Gasteiger partial charge < -0.3 is 5.73 Å². The standard InChI is InChI=1S/C10H22N4O2S/c1-3-6-13-17(15,16)14-7-4-10(2,5-8-14)9(11)12/h13H,3-8H2,1-2H3,(H3,11,12). The van der Waals surface area contributed by atoms with Crippen LogP contribution >= 0.6 is 0 Å². The lowest BCUT2D eigenvalue weighted by Crippen LogP contribution is -2.50. The minimum absolute atomic E-state index is 0.149. The molecule has 0 aromatic rings. The molecule has 1 heterocycles. The van der Waals surface area contributed by atoms with Crippen LogP contribution in [0.4, 0.5) is 0 Å². The van der Waals surface area contributed by atoms with Gasteiger partial charge in [-0.3, -0.25) is 5.41 Å². The van der Waals surface area contributed by atoms with Gasteiger partial charge >= 0.3 is 0 Å². The van der Waals surface area contributed by atoms with E-state index in [2.05, 4.69) is 4.72 Å². The molecule has 0 unspecified atom stereocenters. The summed E-state index contributed by atoms with van der Waals surface area (Å²) in [6.07, 6.45) is 1.99. The van der Waals surface area contributed by atoms with Crippen LogP contribution in [0.15, 0.2) is 0 Å². The number of piperidine rings is 1. The van der Waals surface area contributed by atoms with E-state index in [9.17, 15) is 8.42 Å². The summed E-state index contributed by atoms with van der Waals surface area (Å²) in [5.74, 6) is 0.149. The maximum Gasteiger partial charge on any atom is 0.279 e. The Hall–Kier alpha value is -0.660. The van der Waals surface area contributed by atoms with Crippen molar-refractivity contribution in [2.75, 3.05) is 19.6 Å². The largest absolute Gasteiger partial charge is 0.387 e. The van der Waals surface area contributed by atoms with E-state index in [1.165, 1.54) is 4.31 Å². The Balaban J connectivity index is 2.60. The predicted octanol–water partition coefficient (Wildman–Crippen LogP) is 0.269. The number of rotatable bonds is 5. The molecule has 1 saturated heterocycles. The topological polar surface area (TPSA) is 99.3 Å². The van der Waals surface area contributed by atoms with Crippen molar-refractivity contribution < 1.29 is 8.42 Å². The van der Waals surface area contributed by atoms with Crippen molar-refractivity contribution in [3.63, 3.8) is 0 Å². The fourth-order valence-corrected chi connectivity index (χ4v) is 3.12. The molecule has 0 radical (unpaired) electrons. The van der Waals surface area contributed by atoms with E-state index in [4.69, 9.17) is 11.1 Å². The van der Waals surface area contributed by atoms with Gasteiger partial charge in [0, 0.05) is 25.0 Å². The normalized spacial score (nSPS) is 21.3. The third-order valence-electron chi connectivity index (χ3n) is 3.35. The number of nitrogens with one attached hydrogen (secondary N) is 2. The first-order chi connectivity index (χ1) is 7.82. The van der Waals surface area contributed by atoms with Gasteiger partial charge in [0.25, 0.3) is 10.2 Å². The van der Waals surface area contributed by atoms with Crippen LogP contribution < -0.4 is 10.5 Å². The quantitative estimate of drug-likeness (QED) is 0.490. The Morgan fingerprint density at radius 2 is 2.00 bits per heavy atom. The zero-order valence-corrected chi connectivity index (χ0v) is 11.3. The number of nitrogens with zero attached hydrogens (tertiary/aromatic N) is 1. The minimum atomic E-state index is -3.35. The molecule has 7 heteroatoms. The second kappa shape index (κ2) is 5.32. The molecule has 6 nitrogen and oxygen atoms in total. The molecule has 1 aliphatic rings. The molecule has 1 aliphatic heterocycles. The van der Waals surface area contributed by atoms with Crippen LogP contribution in [0.25, 0.3) is 0 Å². The number of amidine groups is 1. The van der Waals surface area contributed by atoms with Crippen molar-refractivity contribution in [1.82, 2.24) is 9.03 Å². The highest BCUT2D eigenvalue weighted by Crippen LogP contribution is 2.31. The number of nitrogens with two attached hydrogens (primary N) is 1. The summed E-state index contributed by atoms with van der Waals surface area (Å²) in [6, 6.07) is 0. The first-order valence-corrected chi connectivity index (χ1v) is 7.35. The average Bonchev–Trinajstić information content (AvgIpc) is 2.27. The van der Waals surface area contributed by atoms with Gasteiger partial charge in [0.15, 0.2) is 0 Å². The van der Waals surface area contributed by atoms with Crippen LogP contribution in [0.2, 0.25) is 0 Å². The fraction of sp³-hybridized carbons (Fsp3) is 0.900. The monoisotopic (exact) mass is 262 g/mol. The highest BCUT2D eigenvalue weighted by Gasteiger charge is 2.36. The fourth-order valence-electron chi connectivity index (χ4n) is 1.81. The molecule has 0 aromatic carbocycles. The number of hydrogen-bond acceptors (Lipinski definition) is 3. The van der Waals surface area contributed by atoms with Crippen LogP contribution in [-0.4, -0.2) is 38.2 Å². The lowest BCUT2D eigenvalue weighted by molar-refractivity contribution is 0.238. The smallest absolute Gasteiger partial charge is 0.279 e. The maximum atomic E-state index is 11.9. The average molecular weight is 262 g/mol. The first-order valence-electron chi connectivity index (χ1n) is 5.91. The summed E-state index contributed by atoms with van der Waals surface area (Å²) < 4.78 is 27.7. The molecule has 100 valence electrons. The highest BCUT2D eigenvalue weighted by atomic mass is 32.2. The third kappa shape index (κ3) is 3.40. The third-order valence-corrected chi connectivity index (χ3v) is 4.96. The Bertz CT molecular complexity index is 372. The second-order valence-electron chi connectivity index (χ2n) is 4.77. The summed E-state index contributed by atoms with van der Waals surface area (Å²) in [4.78, 5) is 0. The summed E-state index contributed by atoms with van der Waals surface area (Å²) in [5, 5.41) is 7.51. The maximum absolute atomic E-state index is 11.9. The van der Waals surface area contributed by atoms with Crippen LogP contribution in [0.1, 0.15) is 33.1 Å². The van der Waals surface area contributed by atoms with Crippen molar-refractivity contribution in [1.29, 1.82) is 5.41 Å². The van der Waals surface area contributed by atoms with Gasteiger partial charge in [0.1, 0.15) is 0 Å². The van der Waals surface area contributed by atoms with Gasteiger partial charge in [-0.1, -0.05) is 13.8 Å². The molecule has 0 aliphatic carbocycles. The van der Waals surface area contributed by atoms with E-state index < -0.39 is 10.2 Å². The molecule has 4 N–H and O–H groups in total. The Kier molecular flexibility index (Phi) is 4.51. The van der Waals surface area contributed by atoms with E-state index in [1.54, 1.807) is 0 Å². The van der Waals surface area contributed by atoms with E-state index in [0.717, 1.165) is 6.42 Å². The molecule has 0 saturated carbocycles. The van der Waals surface area contributed by atoms with Crippen LogP contribution in [-0.2, 0) is 10.2 Å². The minimum Gasteiger partial charge on any atom is -0.387 e. The molecule has 0 bridgehead atoms. The molecule has 17 heavy (non-hydrogen) atoms. The molecule has 0 amide bonds. The molecule has 0 aromatic heterocycles. The van der Waals surface area contributed by atoms with E-state index in [0.29, 0.717) is 32.5 Å². The van der Waals surface area contributed by atoms with Gasteiger partial charge in [-0.25, -0.2) is 4.72 Å². The van der Waals surface area contributed by atoms with Crippen LogP contribution in [0.5, 0.6) is 0 Å². The van der Waals surface area contributed by atoms with Gasteiger partial charge in [-0.2, -0.15) is 12.7 Å². The summed E-state index contributed by atoms with van der Waals surface area (Å²) in [6.45, 7) is 5.15. The van der Waals surface area contributed by atoms with Crippen molar-refractivity contribution in [3.05, 3.63) is 0 Å². The molecule has 0 atom stereocenters. The predicted molar refractivity (Wildman–Crippen MR) is 68.0 cm³/mol. The van der Waals surface area contributed by atoms with Crippen molar-refractivity contribution in [3.8, 4) is 0 Å². The second-order valence-corrected chi connectivity index (χ2v) is 6.53. The lowest BCUT2D eigenvalue weighted by atomic mass is 9.80. The molecule has 1 fully saturated rings. The van der Waals surface area contributed by atoms with Gasteiger partial charge in [-0.15, -0.1) is 0 Å². The SMILES string of the molecule is CCCNS(=O)(=O)N1CCC(C)(C(=N)N)CC1. The van der Waals surface area contributed by atoms with Crippen molar-refractivity contribution in [2.24, 2.45) is 11.1 Å². The molecular formula is C10H22N4O2S. The molecular weight excluding hydrogens is 240 g/mol. The van der Waals surface area contributed by atoms with Gasteiger partial charge in [0.05, 0.1) is 5.84 Å². The first kappa shape index (κ1) is 14.4. The number of hydrogen-bond donors (Lipinski definition) is 3. The van der Waals surface area contributed by atoms with Gasteiger partial charge in [0.2, 0.25) is 0 Å². The van der Waals surface area contributed by atoms with Crippen molar-refractivity contribution >= 4 is 16.0 Å². The van der Waals surface area contributed by atoms with E-state index in [-0.39, 0.29) is 11.3 Å². The van der Waals surface area contributed by atoms with E-state index in [1.807, 2.05) is 13.8 Å². The Labute approximate surface area is 103 Å². The van der Waals surface area contributed by atoms with Crippen LogP contribution in [0, 0.1) is 10.8 Å². The van der Waals surface area contributed by atoms with Crippen LogP contribution in [0.3, 0.4) is 0 Å². The molecule has 0 spiro atoms. The van der Waals surface area contributed by atoms with Crippen molar-refractivity contribution in [2.45, 2.75) is 33.1 Å². The summed E-state index contributed by atoms with van der Waals surface area (Å²) >= 11 is 0. The highest BCUT2D eigenvalue weighted by molar-refractivity contribution is 7.87. The molecule has 1 rings (SSSR count). The summed E-state index contributed by atoms with van der Waals surface area (Å²) in [7, 11) is -3.35. The Morgan fingerprint density at radius 1 is 1.47 bits per heavy atom.